The molecule has 2 atom stereocenters. The molecular formula is C13H27N5O2. The third kappa shape index (κ3) is 5.64. The summed E-state index contributed by atoms with van der Waals surface area (Å²) in [6.07, 6.45) is 2.49. The number of carbonyl (C=O) groups is 1. The predicted molar refractivity (Wildman–Crippen MR) is 79.2 cm³/mol. The standard InChI is InChI=1S/C13H27N5O2/c1-13(2,3)20-12(19)18(5)17-10-7-6-9(8-10)16-11(14)15-4/h9-10,17H,6-8H2,1-5H3,(H3,14,15,16)/t9-,10-/m0/s1. The first-order valence-electron chi connectivity index (χ1n) is 6.93. The minimum atomic E-state index is -0.487. The highest BCUT2D eigenvalue weighted by Gasteiger charge is 2.28. The molecule has 0 aliphatic heterocycles. The summed E-state index contributed by atoms with van der Waals surface area (Å²) in [5.41, 5.74) is 8.32. The zero-order valence-electron chi connectivity index (χ0n) is 13.1. The Kier molecular flexibility index (Phi) is 5.62. The molecule has 1 saturated carbocycles. The van der Waals surface area contributed by atoms with Crippen LogP contribution in [-0.2, 0) is 4.74 Å². The third-order valence-corrected chi connectivity index (χ3v) is 3.07. The van der Waals surface area contributed by atoms with Crippen LogP contribution in [0.15, 0.2) is 4.99 Å². The first-order valence-corrected chi connectivity index (χ1v) is 6.93. The molecule has 20 heavy (non-hydrogen) atoms. The van der Waals surface area contributed by atoms with Crippen LogP contribution in [0.2, 0.25) is 0 Å². The molecule has 0 spiro atoms. The maximum atomic E-state index is 11.8. The number of aliphatic imine (C=N–C) groups is 1. The van der Waals surface area contributed by atoms with Gasteiger partial charge < -0.3 is 15.8 Å². The average Bonchev–Trinajstić information content (AvgIpc) is 2.74. The maximum absolute atomic E-state index is 11.8. The number of hydrogen-bond acceptors (Lipinski definition) is 4. The number of hydrogen-bond donors (Lipinski definition) is 3. The van der Waals surface area contributed by atoms with Gasteiger partial charge >= 0.3 is 6.09 Å². The van der Waals surface area contributed by atoms with Crippen molar-refractivity contribution in [3.05, 3.63) is 0 Å². The van der Waals surface area contributed by atoms with Crippen molar-refractivity contribution >= 4 is 12.1 Å². The van der Waals surface area contributed by atoms with E-state index in [1.54, 1.807) is 14.1 Å². The predicted octanol–water partition coefficient (Wildman–Crippen LogP) is 0.813. The van der Waals surface area contributed by atoms with Gasteiger partial charge in [-0.05, 0) is 40.0 Å². The van der Waals surface area contributed by atoms with E-state index in [4.69, 9.17) is 10.5 Å². The molecule has 116 valence electrons. The van der Waals surface area contributed by atoms with Gasteiger partial charge in [-0.15, -0.1) is 0 Å². The first kappa shape index (κ1) is 16.6. The highest BCUT2D eigenvalue weighted by Crippen LogP contribution is 2.19. The molecule has 1 aliphatic rings. The lowest BCUT2D eigenvalue weighted by atomic mass is 10.2. The summed E-state index contributed by atoms with van der Waals surface area (Å²) in [5, 5.41) is 4.56. The molecule has 0 heterocycles. The number of carbonyl (C=O) groups excluding carboxylic acids is 1. The number of nitrogens with zero attached hydrogens (tertiary/aromatic N) is 2. The second-order valence-electron chi connectivity index (χ2n) is 6.13. The van der Waals surface area contributed by atoms with E-state index in [9.17, 15) is 4.79 Å². The van der Waals surface area contributed by atoms with Gasteiger partial charge in [0.25, 0.3) is 0 Å². The number of ether oxygens (including phenoxy) is 1. The number of rotatable bonds is 3. The van der Waals surface area contributed by atoms with Crippen molar-refractivity contribution in [2.75, 3.05) is 14.1 Å². The summed E-state index contributed by atoms with van der Waals surface area (Å²) in [4.78, 5) is 15.7. The maximum Gasteiger partial charge on any atom is 0.424 e. The Labute approximate surface area is 120 Å². The van der Waals surface area contributed by atoms with Crippen molar-refractivity contribution in [1.29, 1.82) is 0 Å². The molecule has 0 bridgehead atoms. The second-order valence-corrected chi connectivity index (χ2v) is 6.13. The molecular weight excluding hydrogens is 258 g/mol. The number of amides is 1. The van der Waals surface area contributed by atoms with Crippen molar-refractivity contribution in [1.82, 2.24) is 15.8 Å². The SMILES string of the molecule is CN=C(N)N[C@H]1CC[C@H](NN(C)C(=O)OC(C)(C)C)C1. The molecule has 0 aromatic rings. The summed E-state index contributed by atoms with van der Waals surface area (Å²) in [6.45, 7) is 5.54. The molecule has 1 aliphatic carbocycles. The van der Waals surface area contributed by atoms with Crippen LogP contribution < -0.4 is 16.5 Å². The number of nitrogens with one attached hydrogen (secondary N) is 2. The van der Waals surface area contributed by atoms with Crippen LogP contribution in [0.4, 0.5) is 4.79 Å². The lowest BCUT2D eigenvalue weighted by molar-refractivity contribution is 0.0169. The van der Waals surface area contributed by atoms with E-state index in [2.05, 4.69) is 15.7 Å². The molecule has 0 radical (unpaired) electrons. The summed E-state index contributed by atoms with van der Waals surface area (Å²) in [5.74, 6) is 0.455. The number of nitrogens with two attached hydrogens (primary N) is 1. The van der Waals surface area contributed by atoms with Crippen LogP contribution in [-0.4, -0.2) is 48.8 Å². The second kappa shape index (κ2) is 6.78. The van der Waals surface area contributed by atoms with Gasteiger partial charge in [0.2, 0.25) is 0 Å². The van der Waals surface area contributed by atoms with Crippen LogP contribution in [0, 0.1) is 0 Å². The van der Waals surface area contributed by atoms with Crippen molar-refractivity contribution in [2.24, 2.45) is 10.7 Å². The highest BCUT2D eigenvalue weighted by atomic mass is 16.6. The van der Waals surface area contributed by atoms with Crippen LogP contribution in [0.3, 0.4) is 0 Å². The highest BCUT2D eigenvalue weighted by molar-refractivity contribution is 5.77. The van der Waals surface area contributed by atoms with Gasteiger partial charge in [-0.3, -0.25) is 4.99 Å². The van der Waals surface area contributed by atoms with Gasteiger partial charge in [0, 0.05) is 26.2 Å². The van der Waals surface area contributed by atoms with E-state index in [0.29, 0.717) is 12.0 Å². The summed E-state index contributed by atoms with van der Waals surface area (Å²) in [7, 11) is 3.33. The van der Waals surface area contributed by atoms with Crippen LogP contribution in [0.25, 0.3) is 0 Å². The summed E-state index contributed by atoms with van der Waals surface area (Å²) in [6, 6.07) is 0.526. The normalized spacial score (nSPS) is 23.6. The molecule has 0 saturated heterocycles. The molecule has 7 nitrogen and oxygen atoms in total. The fraction of sp³-hybridized carbons (Fsp3) is 0.846. The van der Waals surface area contributed by atoms with Crippen molar-refractivity contribution in [3.8, 4) is 0 Å². The molecule has 0 aromatic heterocycles. The molecule has 0 unspecified atom stereocenters. The Bertz CT molecular complexity index is 364. The Balaban J connectivity index is 2.37. The van der Waals surface area contributed by atoms with Gasteiger partial charge in [-0.25, -0.2) is 15.2 Å². The minimum Gasteiger partial charge on any atom is -0.443 e. The average molecular weight is 285 g/mol. The van der Waals surface area contributed by atoms with E-state index >= 15 is 0 Å². The smallest absolute Gasteiger partial charge is 0.424 e. The first-order chi connectivity index (χ1) is 9.21. The number of hydrazine groups is 1. The van der Waals surface area contributed by atoms with E-state index in [1.165, 1.54) is 5.01 Å². The Hall–Kier alpha value is -1.50. The zero-order chi connectivity index (χ0) is 15.3. The van der Waals surface area contributed by atoms with Crippen LogP contribution >= 0.6 is 0 Å². The lowest BCUT2D eigenvalue weighted by Crippen LogP contribution is -2.47. The Morgan fingerprint density at radius 1 is 1.35 bits per heavy atom. The Morgan fingerprint density at radius 3 is 2.50 bits per heavy atom. The van der Waals surface area contributed by atoms with Gasteiger partial charge in [0.15, 0.2) is 5.96 Å². The van der Waals surface area contributed by atoms with Crippen LogP contribution in [0.1, 0.15) is 40.0 Å². The summed E-state index contributed by atoms with van der Waals surface area (Å²) < 4.78 is 5.29. The van der Waals surface area contributed by atoms with Gasteiger partial charge in [0.05, 0.1) is 0 Å². The van der Waals surface area contributed by atoms with E-state index in [-0.39, 0.29) is 12.1 Å². The Morgan fingerprint density at radius 2 is 1.95 bits per heavy atom. The zero-order valence-corrected chi connectivity index (χ0v) is 13.1. The van der Waals surface area contributed by atoms with Crippen molar-refractivity contribution in [2.45, 2.75) is 57.7 Å². The van der Waals surface area contributed by atoms with Crippen molar-refractivity contribution < 1.29 is 9.53 Å². The molecule has 4 N–H and O–H groups in total. The van der Waals surface area contributed by atoms with Crippen molar-refractivity contribution in [3.63, 3.8) is 0 Å². The number of guanidine groups is 1. The minimum absolute atomic E-state index is 0.231. The molecule has 0 aromatic carbocycles. The quantitative estimate of drug-likeness (QED) is 0.405. The molecule has 1 amide bonds. The van der Waals surface area contributed by atoms with E-state index < -0.39 is 5.60 Å². The van der Waals surface area contributed by atoms with E-state index in [0.717, 1.165) is 19.3 Å². The van der Waals surface area contributed by atoms with Crippen LogP contribution in [0.5, 0.6) is 0 Å². The largest absolute Gasteiger partial charge is 0.443 e. The van der Waals surface area contributed by atoms with Gasteiger partial charge in [-0.2, -0.15) is 0 Å². The monoisotopic (exact) mass is 285 g/mol. The fourth-order valence-corrected chi connectivity index (χ4v) is 2.16. The molecule has 1 fully saturated rings. The van der Waals surface area contributed by atoms with E-state index in [1.807, 2.05) is 20.8 Å². The third-order valence-electron chi connectivity index (χ3n) is 3.07. The lowest BCUT2D eigenvalue weighted by Gasteiger charge is -2.27. The summed E-state index contributed by atoms with van der Waals surface area (Å²) >= 11 is 0. The molecule has 7 heteroatoms. The van der Waals surface area contributed by atoms with Gasteiger partial charge in [0.1, 0.15) is 5.60 Å². The topological polar surface area (TPSA) is 92.0 Å². The molecule has 1 rings (SSSR count). The van der Waals surface area contributed by atoms with Gasteiger partial charge in [-0.1, -0.05) is 0 Å². The fourth-order valence-electron chi connectivity index (χ4n) is 2.16.